The van der Waals surface area contributed by atoms with Crippen LogP contribution in [0.15, 0.2) is 24.3 Å². The maximum Gasteiger partial charge on any atom is 0.272 e. The smallest absolute Gasteiger partial charge is 0.272 e. The van der Waals surface area contributed by atoms with Gasteiger partial charge in [-0.1, -0.05) is 18.2 Å². The molecule has 0 aliphatic carbocycles. The molecule has 1 aromatic rings. The molecule has 1 aromatic carbocycles. The highest BCUT2D eigenvalue weighted by molar-refractivity contribution is 5.39. The van der Waals surface area contributed by atoms with Crippen molar-refractivity contribution in [1.29, 1.82) is 0 Å². The number of benzene rings is 1. The standard InChI is InChI=1S/C12H18N2O4/c1-18-9-11(8-15)13-7-6-10-4-2-3-5-12(10)14(16)17/h2-5,11,13,15H,6-9H2,1H3. The Morgan fingerprint density at radius 2 is 2.22 bits per heavy atom. The summed E-state index contributed by atoms with van der Waals surface area (Å²) in [7, 11) is 1.56. The van der Waals surface area contributed by atoms with Gasteiger partial charge in [-0.25, -0.2) is 0 Å². The molecule has 0 radical (unpaired) electrons. The molecule has 0 aliphatic rings. The van der Waals surface area contributed by atoms with E-state index in [0.717, 1.165) is 0 Å². The molecule has 0 saturated carbocycles. The minimum atomic E-state index is -0.381. The van der Waals surface area contributed by atoms with Crippen LogP contribution in [0.5, 0.6) is 0 Å². The van der Waals surface area contributed by atoms with Crippen molar-refractivity contribution in [3.8, 4) is 0 Å². The minimum Gasteiger partial charge on any atom is -0.395 e. The van der Waals surface area contributed by atoms with Crippen molar-refractivity contribution in [2.24, 2.45) is 0 Å². The number of nitro groups is 1. The van der Waals surface area contributed by atoms with Crippen LogP contribution < -0.4 is 5.32 Å². The van der Waals surface area contributed by atoms with Gasteiger partial charge < -0.3 is 15.2 Å². The van der Waals surface area contributed by atoms with Crippen molar-refractivity contribution in [3.05, 3.63) is 39.9 Å². The van der Waals surface area contributed by atoms with E-state index in [1.807, 2.05) is 0 Å². The quantitative estimate of drug-likeness (QED) is 0.528. The predicted molar refractivity (Wildman–Crippen MR) is 67.6 cm³/mol. The first-order chi connectivity index (χ1) is 8.69. The lowest BCUT2D eigenvalue weighted by molar-refractivity contribution is -0.385. The first-order valence-electron chi connectivity index (χ1n) is 5.74. The Labute approximate surface area is 106 Å². The van der Waals surface area contributed by atoms with Gasteiger partial charge in [0.1, 0.15) is 0 Å². The Morgan fingerprint density at radius 1 is 1.50 bits per heavy atom. The van der Waals surface area contributed by atoms with E-state index in [-0.39, 0.29) is 23.3 Å². The summed E-state index contributed by atoms with van der Waals surface area (Å²) in [4.78, 5) is 10.4. The van der Waals surface area contributed by atoms with Crippen LogP contribution in [0, 0.1) is 10.1 Å². The molecule has 0 aromatic heterocycles. The zero-order valence-corrected chi connectivity index (χ0v) is 10.3. The van der Waals surface area contributed by atoms with Crippen LogP contribution in [0.3, 0.4) is 0 Å². The van der Waals surface area contributed by atoms with Gasteiger partial charge >= 0.3 is 0 Å². The average molecular weight is 254 g/mol. The normalized spacial score (nSPS) is 12.3. The van der Waals surface area contributed by atoms with Gasteiger partial charge in [-0.05, 0) is 13.0 Å². The van der Waals surface area contributed by atoms with Crippen molar-refractivity contribution in [2.75, 3.05) is 26.9 Å². The fraction of sp³-hybridized carbons (Fsp3) is 0.500. The van der Waals surface area contributed by atoms with Gasteiger partial charge in [-0.2, -0.15) is 0 Å². The van der Waals surface area contributed by atoms with Crippen LogP contribution in [0.1, 0.15) is 5.56 Å². The lowest BCUT2D eigenvalue weighted by Gasteiger charge is -2.14. The van der Waals surface area contributed by atoms with Crippen molar-refractivity contribution in [3.63, 3.8) is 0 Å². The molecule has 2 N–H and O–H groups in total. The van der Waals surface area contributed by atoms with Crippen LogP contribution in [0.25, 0.3) is 0 Å². The number of nitrogens with zero attached hydrogens (tertiary/aromatic N) is 1. The third-order valence-corrected chi connectivity index (χ3v) is 2.60. The highest BCUT2D eigenvalue weighted by atomic mass is 16.6. The van der Waals surface area contributed by atoms with E-state index < -0.39 is 0 Å². The molecule has 6 heteroatoms. The monoisotopic (exact) mass is 254 g/mol. The number of methoxy groups -OCH3 is 1. The Morgan fingerprint density at radius 3 is 2.83 bits per heavy atom. The topological polar surface area (TPSA) is 84.6 Å². The lowest BCUT2D eigenvalue weighted by atomic mass is 10.1. The van der Waals surface area contributed by atoms with Crippen LogP contribution in [0.4, 0.5) is 5.69 Å². The molecule has 0 fully saturated rings. The molecule has 0 amide bonds. The van der Waals surface area contributed by atoms with Crippen LogP contribution in [-0.4, -0.2) is 42.9 Å². The second kappa shape index (κ2) is 7.75. The number of nitrogens with one attached hydrogen (secondary N) is 1. The number of nitro benzene ring substituents is 1. The lowest BCUT2D eigenvalue weighted by Crippen LogP contribution is -2.37. The number of hydrogen-bond acceptors (Lipinski definition) is 5. The second-order valence-corrected chi connectivity index (χ2v) is 3.92. The molecule has 1 atom stereocenters. The van der Waals surface area contributed by atoms with Crippen molar-refractivity contribution < 1.29 is 14.8 Å². The van der Waals surface area contributed by atoms with Crippen LogP contribution in [0.2, 0.25) is 0 Å². The molecule has 1 unspecified atom stereocenters. The fourth-order valence-corrected chi connectivity index (χ4v) is 1.69. The van der Waals surface area contributed by atoms with E-state index >= 15 is 0 Å². The van der Waals surface area contributed by atoms with Gasteiger partial charge in [-0.15, -0.1) is 0 Å². The zero-order valence-electron chi connectivity index (χ0n) is 10.3. The molecular weight excluding hydrogens is 236 g/mol. The predicted octanol–water partition coefficient (Wildman–Crippen LogP) is 0.734. The summed E-state index contributed by atoms with van der Waals surface area (Å²) in [5, 5.41) is 22.9. The maximum atomic E-state index is 10.8. The molecule has 1 rings (SSSR count). The highest BCUT2D eigenvalue weighted by Crippen LogP contribution is 2.17. The Bertz CT molecular complexity index is 384. The first-order valence-corrected chi connectivity index (χ1v) is 5.74. The summed E-state index contributed by atoms with van der Waals surface area (Å²) >= 11 is 0. The molecular formula is C12H18N2O4. The number of hydrogen-bond donors (Lipinski definition) is 2. The summed E-state index contributed by atoms with van der Waals surface area (Å²) < 4.78 is 4.93. The molecule has 0 saturated heterocycles. The van der Waals surface area contributed by atoms with Gasteiger partial charge in [0.25, 0.3) is 5.69 Å². The van der Waals surface area contributed by atoms with E-state index in [9.17, 15) is 10.1 Å². The number of aliphatic hydroxyl groups is 1. The van der Waals surface area contributed by atoms with Gasteiger partial charge in [0.05, 0.1) is 24.2 Å². The number of aliphatic hydroxyl groups excluding tert-OH is 1. The van der Waals surface area contributed by atoms with Crippen LogP contribution >= 0.6 is 0 Å². The minimum absolute atomic E-state index is 0.0231. The average Bonchev–Trinajstić information content (AvgIpc) is 2.38. The summed E-state index contributed by atoms with van der Waals surface area (Å²) in [5.74, 6) is 0. The molecule has 100 valence electrons. The molecule has 0 bridgehead atoms. The Hall–Kier alpha value is -1.50. The summed E-state index contributed by atoms with van der Waals surface area (Å²) in [6.07, 6.45) is 0.539. The van der Waals surface area contributed by atoms with Gasteiger partial charge in [0.2, 0.25) is 0 Å². The largest absolute Gasteiger partial charge is 0.395 e. The van der Waals surface area contributed by atoms with Crippen molar-refractivity contribution in [1.82, 2.24) is 5.32 Å². The third kappa shape index (κ3) is 4.40. The molecule has 18 heavy (non-hydrogen) atoms. The third-order valence-electron chi connectivity index (χ3n) is 2.60. The highest BCUT2D eigenvalue weighted by Gasteiger charge is 2.12. The maximum absolute atomic E-state index is 10.8. The zero-order chi connectivity index (χ0) is 13.4. The molecule has 0 heterocycles. The van der Waals surface area contributed by atoms with Crippen molar-refractivity contribution >= 4 is 5.69 Å². The van der Waals surface area contributed by atoms with Gasteiger partial charge in [-0.3, -0.25) is 10.1 Å². The number of para-hydroxylation sites is 1. The number of ether oxygens (including phenoxy) is 1. The number of rotatable bonds is 8. The van der Waals surface area contributed by atoms with E-state index in [0.29, 0.717) is 25.1 Å². The van der Waals surface area contributed by atoms with Crippen LogP contribution in [-0.2, 0) is 11.2 Å². The first kappa shape index (κ1) is 14.6. The van der Waals surface area contributed by atoms with E-state index in [1.54, 1.807) is 25.3 Å². The van der Waals surface area contributed by atoms with E-state index in [2.05, 4.69) is 5.32 Å². The van der Waals surface area contributed by atoms with Gasteiger partial charge in [0, 0.05) is 18.7 Å². The summed E-state index contributed by atoms with van der Waals surface area (Å²) in [6.45, 7) is 0.942. The van der Waals surface area contributed by atoms with Crippen molar-refractivity contribution in [2.45, 2.75) is 12.5 Å². The Kier molecular flexibility index (Phi) is 6.27. The summed E-state index contributed by atoms with van der Waals surface area (Å²) in [6, 6.07) is 6.52. The SMILES string of the molecule is COCC(CO)NCCc1ccccc1[N+](=O)[O-]. The Balaban J connectivity index is 2.50. The summed E-state index contributed by atoms with van der Waals surface area (Å²) in [5.41, 5.74) is 0.815. The van der Waals surface area contributed by atoms with Gasteiger partial charge in [0.15, 0.2) is 0 Å². The molecule has 0 spiro atoms. The van der Waals surface area contributed by atoms with E-state index in [4.69, 9.17) is 9.84 Å². The molecule has 0 aliphatic heterocycles. The second-order valence-electron chi connectivity index (χ2n) is 3.92. The molecule has 6 nitrogen and oxygen atoms in total. The van der Waals surface area contributed by atoms with E-state index in [1.165, 1.54) is 6.07 Å². The fourth-order valence-electron chi connectivity index (χ4n) is 1.69.